The fourth-order valence-electron chi connectivity index (χ4n) is 6.04. The molecule has 11 nitrogen and oxygen atoms in total. The molecule has 2 aliphatic heterocycles. The number of benzene rings is 2. The third-order valence-corrected chi connectivity index (χ3v) is 7.98. The number of pyridine rings is 1. The number of ether oxygens (including phenoxy) is 1. The maximum Gasteiger partial charge on any atom is 0.413 e. The summed E-state index contributed by atoms with van der Waals surface area (Å²) in [6.07, 6.45) is 1.49. The molecule has 2 aliphatic rings. The molecule has 1 fully saturated rings. The molecule has 2 aromatic heterocycles. The maximum atomic E-state index is 12.5. The van der Waals surface area contributed by atoms with E-state index in [9.17, 15) is 14.7 Å². The van der Waals surface area contributed by atoms with E-state index >= 15 is 0 Å². The number of carbonyl (C=O) groups excluding carboxylic acids is 1. The number of hydrogen-bond acceptors (Lipinski definition) is 8. The van der Waals surface area contributed by atoms with E-state index in [1.807, 2.05) is 81.4 Å². The lowest BCUT2D eigenvalue weighted by atomic mass is 10.0. The zero-order valence-electron chi connectivity index (χ0n) is 25.2. The van der Waals surface area contributed by atoms with Crippen molar-refractivity contribution in [2.24, 2.45) is 0 Å². The quantitative estimate of drug-likeness (QED) is 0.314. The first kappa shape index (κ1) is 29.2. The zero-order chi connectivity index (χ0) is 30.8. The first-order valence-corrected chi connectivity index (χ1v) is 14.9. The molecule has 1 saturated heterocycles. The number of nitrogens with zero attached hydrogens (tertiary/aromatic N) is 6. The Morgan fingerprint density at radius 2 is 1.75 bits per heavy atom. The third-order valence-electron chi connectivity index (χ3n) is 7.98. The first-order chi connectivity index (χ1) is 21.1. The van der Waals surface area contributed by atoms with E-state index in [0.29, 0.717) is 51.4 Å². The van der Waals surface area contributed by atoms with Crippen LogP contribution in [-0.4, -0.2) is 75.0 Å². The summed E-state index contributed by atoms with van der Waals surface area (Å²) in [4.78, 5) is 44.8. The van der Waals surface area contributed by atoms with Crippen molar-refractivity contribution in [3.8, 4) is 0 Å². The van der Waals surface area contributed by atoms with E-state index in [4.69, 9.17) is 14.7 Å². The highest BCUT2D eigenvalue weighted by molar-refractivity contribution is 5.96. The van der Waals surface area contributed by atoms with Gasteiger partial charge in [-0.3, -0.25) is 5.32 Å². The van der Waals surface area contributed by atoms with Gasteiger partial charge in [0.25, 0.3) is 0 Å². The fourth-order valence-corrected chi connectivity index (χ4v) is 6.04. The Hall–Kier alpha value is -4.93. The van der Waals surface area contributed by atoms with Crippen LogP contribution in [0.4, 0.5) is 27.0 Å². The Morgan fingerprint density at radius 3 is 2.52 bits per heavy atom. The van der Waals surface area contributed by atoms with Gasteiger partial charge in [0.1, 0.15) is 29.4 Å². The molecule has 0 radical (unpaired) electrons. The van der Waals surface area contributed by atoms with E-state index in [0.717, 1.165) is 39.2 Å². The predicted molar refractivity (Wildman–Crippen MR) is 169 cm³/mol. The summed E-state index contributed by atoms with van der Waals surface area (Å²) in [6, 6.07) is 19.6. The molecule has 0 saturated carbocycles. The molecule has 2 aromatic carbocycles. The van der Waals surface area contributed by atoms with Crippen molar-refractivity contribution in [1.82, 2.24) is 19.9 Å². The van der Waals surface area contributed by atoms with Gasteiger partial charge in [0.05, 0.1) is 18.3 Å². The van der Waals surface area contributed by atoms with E-state index in [2.05, 4.69) is 20.1 Å². The Bertz CT molecular complexity index is 1670. The van der Waals surface area contributed by atoms with Crippen molar-refractivity contribution in [2.75, 3.05) is 41.3 Å². The molecule has 6 rings (SSSR count). The van der Waals surface area contributed by atoms with Gasteiger partial charge >= 0.3 is 12.2 Å². The minimum Gasteiger partial charge on any atom is -0.465 e. The SMILES string of the molecule is CC(C)(C)OC(=O)Nc1cc2ccccc2c(N2CCc3c(ncnc3N3CCN(C(=O)O)C(Cc4ccccc4)C3)C2)n1. The number of piperazine rings is 1. The van der Waals surface area contributed by atoms with Crippen molar-refractivity contribution in [1.29, 1.82) is 0 Å². The third kappa shape index (κ3) is 6.36. The summed E-state index contributed by atoms with van der Waals surface area (Å²) in [6.45, 7) is 8.20. The van der Waals surface area contributed by atoms with Gasteiger partial charge in [-0.25, -0.2) is 24.5 Å². The van der Waals surface area contributed by atoms with E-state index in [1.165, 1.54) is 0 Å². The Morgan fingerprint density at radius 1 is 0.977 bits per heavy atom. The highest BCUT2D eigenvalue weighted by Gasteiger charge is 2.33. The van der Waals surface area contributed by atoms with Gasteiger partial charge in [-0.05, 0) is 50.6 Å². The zero-order valence-corrected chi connectivity index (χ0v) is 25.2. The number of anilines is 3. The van der Waals surface area contributed by atoms with Crippen LogP contribution in [0.5, 0.6) is 0 Å². The lowest BCUT2D eigenvalue weighted by Crippen LogP contribution is -2.56. The molecule has 1 unspecified atom stereocenters. The smallest absolute Gasteiger partial charge is 0.413 e. The van der Waals surface area contributed by atoms with Gasteiger partial charge in [-0.2, -0.15) is 0 Å². The molecule has 2 amide bonds. The van der Waals surface area contributed by atoms with Gasteiger partial charge in [-0.1, -0.05) is 54.6 Å². The summed E-state index contributed by atoms with van der Waals surface area (Å²) in [5.74, 6) is 2.05. The van der Waals surface area contributed by atoms with Crippen LogP contribution in [-0.2, 0) is 24.1 Å². The molecule has 0 spiro atoms. The summed E-state index contributed by atoms with van der Waals surface area (Å²) < 4.78 is 5.46. The Kier molecular flexibility index (Phi) is 7.94. The van der Waals surface area contributed by atoms with Gasteiger partial charge in [0.2, 0.25) is 0 Å². The number of carboxylic acid groups (broad SMARTS) is 1. The number of carbonyl (C=O) groups is 2. The van der Waals surface area contributed by atoms with Crippen molar-refractivity contribution in [3.05, 3.63) is 83.8 Å². The second-order valence-electron chi connectivity index (χ2n) is 12.2. The number of aromatic nitrogens is 3. The molecular weight excluding hydrogens is 558 g/mol. The van der Waals surface area contributed by atoms with Crippen molar-refractivity contribution >= 4 is 40.4 Å². The first-order valence-electron chi connectivity index (χ1n) is 14.9. The standard InChI is InChI=1S/C33H37N7O4/c1-33(2,3)44-31(41)37-28-18-23-11-7-8-12-25(23)30(36-28)38-14-13-26-27(20-38)34-21-35-29(26)39-15-16-40(32(42)43)24(19-39)17-22-9-5-4-6-10-22/h4-12,18,21,24H,13-17,19-20H2,1-3H3,(H,42,43)(H,36,37,41). The summed E-state index contributed by atoms with van der Waals surface area (Å²) in [7, 11) is 0. The van der Waals surface area contributed by atoms with Crippen LogP contribution >= 0.6 is 0 Å². The lowest BCUT2D eigenvalue weighted by molar-refractivity contribution is 0.0635. The van der Waals surface area contributed by atoms with E-state index in [-0.39, 0.29) is 6.04 Å². The number of amides is 2. The van der Waals surface area contributed by atoms with Crippen molar-refractivity contribution < 1.29 is 19.4 Å². The summed E-state index contributed by atoms with van der Waals surface area (Å²) >= 11 is 0. The van der Waals surface area contributed by atoms with E-state index < -0.39 is 17.8 Å². The molecule has 1 atom stereocenters. The number of nitrogens with one attached hydrogen (secondary N) is 1. The van der Waals surface area contributed by atoms with Crippen LogP contribution in [0.15, 0.2) is 67.0 Å². The molecule has 44 heavy (non-hydrogen) atoms. The maximum absolute atomic E-state index is 12.5. The summed E-state index contributed by atoms with van der Waals surface area (Å²) in [5, 5.41) is 14.6. The molecule has 2 N–H and O–H groups in total. The van der Waals surface area contributed by atoms with Gasteiger partial charge in [0, 0.05) is 37.1 Å². The van der Waals surface area contributed by atoms with Crippen molar-refractivity contribution in [2.45, 2.75) is 51.8 Å². The second-order valence-corrected chi connectivity index (χ2v) is 12.2. The van der Waals surface area contributed by atoms with Gasteiger partial charge in [0.15, 0.2) is 0 Å². The minimum atomic E-state index is -0.894. The number of fused-ring (bicyclic) bond motifs is 2. The average Bonchev–Trinajstić information content (AvgIpc) is 2.99. The lowest BCUT2D eigenvalue weighted by Gasteiger charge is -2.42. The monoisotopic (exact) mass is 595 g/mol. The normalized spacial score (nSPS) is 16.9. The molecule has 228 valence electrons. The largest absolute Gasteiger partial charge is 0.465 e. The van der Waals surface area contributed by atoms with Gasteiger partial charge in [-0.15, -0.1) is 0 Å². The predicted octanol–water partition coefficient (Wildman–Crippen LogP) is 5.35. The summed E-state index contributed by atoms with van der Waals surface area (Å²) in [5.41, 5.74) is 2.48. The molecule has 11 heteroatoms. The van der Waals surface area contributed by atoms with E-state index in [1.54, 1.807) is 11.2 Å². The van der Waals surface area contributed by atoms with Crippen LogP contribution in [0.25, 0.3) is 10.8 Å². The highest BCUT2D eigenvalue weighted by atomic mass is 16.6. The van der Waals surface area contributed by atoms with Crippen LogP contribution in [0, 0.1) is 0 Å². The minimum absolute atomic E-state index is 0.190. The van der Waals surface area contributed by atoms with Crippen LogP contribution in [0.3, 0.4) is 0 Å². The Labute approximate surface area is 256 Å². The second kappa shape index (κ2) is 12.0. The molecule has 4 heterocycles. The molecular formula is C33H37N7O4. The highest BCUT2D eigenvalue weighted by Crippen LogP contribution is 2.34. The van der Waals surface area contributed by atoms with Crippen LogP contribution < -0.4 is 15.1 Å². The molecule has 0 bridgehead atoms. The fraction of sp³-hybridized carbons (Fsp3) is 0.364. The topological polar surface area (TPSA) is 124 Å². The Balaban J connectivity index is 1.25. The van der Waals surface area contributed by atoms with Crippen LogP contribution in [0.1, 0.15) is 37.6 Å². The average molecular weight is 596 g/mol. The van der Waals surface area contributed by atoms with Crippen molar-refractivity contribution in [3.63, 3.8) is 0 Å². The van der Waals surface area contributed by atoms with Gasteiger partial charge < -0.3 is 24.5 Å². The molecule has 0 aliphatic carbocycles. The molecule has 4 aromatic rings. The number of hydrogen-bond donors (Lipinski definition) is 2. The number of rotatable bonds is 5. The van der Waals surface area contributed by atoms with Crippen LogP contribution in [0.2, 0.25) is 0 Å².